The Labute approximate surface area is 93.2 Å². The molecule has 0 saturated heterocycles. The molecule has 0 amide bonds. The van der Waals surface area contributed by atoms with Gasteiger partial charge < -0.3 is 0 Å². The van der Waals surface area contributed by atoms with Crippen LogP contribution < -0.4 is 0 Å². The van der Waals surface area contributed by atoms with E-state index < -0.39 is 0 Å². The molecule has 0 N–H and O–H groups in total. The van der Waals surface area contributed by atoms with Gasteiger partial charge in [0.05, 0.1) is 0 Å². The van der Waals surface area contributed by atoms with Gasteiger partial charge in [-0.25, -0.2) is 4.98 Å². The molecule has 15 heavy (non-hydrogen) atoms. The minimum atomic E-state index is 0.527. The first-order valence-electron chi connectivity index (χ1n) is 5.25. The zero-order chi connectivity index (χ0) is 10.3. The Morgan fingerprint density at radius 3 is 2.87 bits per heavy atom. The van der Waals surface area contributed by atoms with Gasteiger partial charge in [-0.15, -0.1) is 17.7 Å². The van der Waals surface area contributed by atoms with Crippen molar-refractivity contribution in [2.24, 2.45) is 0 Å². The van der Waals surface area contributed by atoms with Gasteiger partial charge >= 0.3 is 0 Å². The summed E-state index contributed by atoms with van der Waals surface area (Å²) in [6.45, 7) is 0. The highest BCUT2D eigenvalue weighted by Gasteiger charge is 2.21. The number of fused-ring (bicyclic) bond motifs is 1. The first-order chi connectivity index (χ1) is 7.34. The minimum Gasteiger partial charge on any atom is -0.220 e. The standard InChI is InChI=1S/C10H12N4S/c15-8-5-6-11-10-12-9(13-14(8)10)7-3-1-2-4-7/h5-7,15H,1-4H2. The summed E-state index contributed by atoms with van der Waals surface area (Å²) in [6.07, 6.45) is 6.71. The third-order valence-electron chi connectivity index (χ3n) is 2.96. The highest BCUT2D eigenvalue weighted by atomic mass is 32.1. The van der Waals surface area contributed by atoms with Crippen LogP contribution in [0.15, 0.2) is 17.3 Å². The monoisotopic (exact) mass is 220 g/mol. The van der Waals surface area contributed by atoms with E-state index in [1.54, 1.807) is 10.7 Å². The van der Waals surface area contributed by atoms with Gasteiger partial charge in [0.15, 0.2) is 5.82 Å². The van der Waals surface area contributed by atoms with Crippen LogP contribution in [0, 0.1) is 0 Å². The van der Waals surface area contributed by atoms with E-state index in [2.05, 4.69) is 27.7 Å². The lowest BCUT2D eigenvalue weighted by atomic mass is 10.1. The molecule has 78 valence electrons. The van der Waals surface area contributed by atoms with Crippen LogP contribution in [0.1, 0.15) is 37.4 Å². The summed E-state index contributed by atoms with van der Waals surface area (Å²) in [4.78, 5) is 8.62. The van der Waals surface area contributed by atoms with Crippen LogP contribution in [0.5, 0.6) is 0 Å². The summed E-state index contributed by atoms with van der Waals surface area (Å²) in [5, 5.41) is 5.25. The second-order valence-corrected chi connectivity index (χ2v) is 4.42. The van der Waals surface area contributed by atoms with E-state index in [1.165, 1.54) is 25.7 Å². The maximum absolute atomic E-state index is 4.46. The molecule has 2 heterocycles. The zero-order valence-electron chi connectivity index (χ0n) is 8.30. The number of aromatic nitrogens is 4. The molecule has 2 aromatic rings. The number of hydrogen-bond acceptors (Lipinski definition) is 4. The first kappa shape index (κ1) is 9.15. The molecule has 3 rings (SSSR count). The zero-order valence-corrected chi connectivity index (χ0v) is 9.19. The first-order valence-corrected chi connectivity index (χ1v) is 5.70. The quantitative estimate of drug-likeness (QED) is 0.591. The molecule has 0 aromatic carbocycles. The van der Waals surface area contributed by atoms with Crippen LogP contribution in [0.2, 0.25) is 0 Å². The molecule has 0 spiro atoms. The van der Waals surface area contributed by atoms with Gasteiger partial charge in [-0.3, -0.25) is 0 Å². The van der Waals surface area contributed by atoms with E-state index in [0.29, 0.717) is 11.7 Å². The molecule has 1 fully saturated rings. The fraction of sp³-hybridized carbons (Fsp3) is 0.500. The molecule has 4 nitrogen and oxygen atoms in total. The molecule has 1 saturated carbocycles. The van der Waals surface area contributed by atoms with E-state index in [-0.39, 0.29) is 0 Å². The van der Waals surface area contributed by atoms with E-state index >= 15 is 0 Å². The summed E-state index contributed by atoms with van der Waals surface area (Å²) < 4.78 is 1.71. The van der Waals surface area contributed by atoms with Gasteiger partial charge in [0.2, 0.25) is 0 Å². The van der Waals surface area contributed by atoms with Crippen LogP contribution in [0.4, 0.5) is 0 Å². The highest BCUT2D eigenvalue weighted by Crippen LogP contribution is 2.32. The molecule has 1 aliphatic carbocycles. The molecule has 0 unspecified atom stereocenters. The van der Waals surface area contributed by atoms with Crippen molar-refractivity contribution < 1.29 is 0 Å². The lowest BCUT2D eigenvalue weighted by Crippen LogP contribution is -1.96. The van der Waals surface area contributed by atoms with Crippen LogP contribution in [0.25, 0.3) is 5.78 Å². The van der Waals surface area contributed by atoms with Gasteiger partial charge in [-0.1, -0.05) is 12.8 Å². The van der Waals surface area contributed by atoms with Gasteiger partial charge in [-0.2, -0.15) is 9.50 Å². The molecule has 0 atom stereocenters. The van der Waals surface area contributed by atoms with Crippen LogP contribution in [0.3, 0.4) is 0 Å². The topological polar surface area (TPSA) is 43.1 Å². The SMILES string of the molecule is Sc1ccnc2nc(C3CCCC3)nn12. The van der Waals surface area contributed by atoms with Crippen LogP contribution in [-0.2, 0) is 0 Å². The molecular formula is C10H12N4S. The van der Waals surface area contributed by atoms with Gasteiger partial charge in [0.25, 0.3) is 5.78 Å². The van der Waals surface area contributed by atoms with Gasteiger partial charge in [0.1, 0.15) is 5.03 Å². The third kappa shape index (κ3) is 1.51. The Hall–Kier alpha value is -1.10. The summed E-state index contributed by atoms with van der Waals surface area (Å²) >= 11 is 4.33. The minimum absolute atomic E-state index is 0.527. The van der Waals surface area contributed by atoms with Crippen molar-refractivity contribution in [1.82, 2.24) is 19.6 Å². The van der Waals surface area contributed by atoms with Crippen molar-refractivity contribution in [2.75, 3.05) is 0 Å². The highest BCUT2D eigenvalue weighted by molar-refractivity contribution is 7.80. The summed E-state index contributed by atoms with van der Waals surface area (Å²) in [5.74, 6) is 2.12. The van der Waals surface area contributed by atoms with Crippen molar-refractivity contribution in [3.05, 3.63) is 18.1 Å². The molecule has 0 radical (unpaired) electrons. The Bertz CT molecular complexity index is 487. The lowest BCUT2D eigenvalue weighted by Gasteiger charge is -2.00. The number of nitrogens with zero attached hydrogens (tertiary/aromatic N) is 4. The average Bonchev–Trinajstić information content (AvgIpc) is 2.86. The second-order valence-electron chi connectivity index (χ2n) is 3.97. The third-order valence-corrected chi connectivity index (χ3v) is 3.30. The fourth-order valence-electron chi connectivity index (χ4n) is 2.15. The Morgan fingerprint density at radius 2 is 2.13 bits per heavy atom. The maximum atomic E-state index is 4.46. The van der Waals surface area contributed by atoms with Gasteiger partial charge in [0, 0.05) is 12.1 Å². The smallest absolute Gasteiger partial charge is 0.220 e. The Kier molecular flexibility index (Phi) is 2.12. The van der Waals surface area contributed by atoms with E-state index in [9.17, 15) is 0 Å². The largest absolute Gasteiger partial charge is 0.253 e. The van der Waals surface area contributed by atoms with Crippen molar-refractivity contribution in [3.8, 4) is 0 Å². The maximum Gasteiger partial charge on any atom is 0.253 e. The van der Waals surface area contributed by atoms with Crippen LogP contribution in [-0.4, -0.2) is 19.6 Å². The normalized spacial score (nSPS) is 17.7. The molecule has 2 aromatic heterocycles. The molecule has 1 aliphatic rings. The summed E-state index contributed by atoms with van der Waals surface area (Å²) in [6, 6.07) is 1.82. The van der Waals surface area contributed by atoms with E-state index in [1.807, 2.05) is 6.07 Å². The Morgan fingerprint density at radius 1 is 1.33 bits per heavy atom. The number of hydrogen-bond donors (Lipinski definition) is 1. The molecule has 0 aliphatic heterocycles. The number of rotatable bonds is 1. The fourth-order valence-corrected chi connectivity index (χ4v) is 2.36. The van der Waals surface area contributed by atoms with Crippen molar-refractivity contribution in [2.45, 2.75) is 36.6 Å². The predicted molar refractivity (Wildman–Crippen MR) is 59.2 cm³/mol. The van der Waals surface area contributed by atoms with Gasteiger partial charge in [-0.05, 0) is 18.9 Å². The predicted octanol–water partition coefficient (Wildman–Crippen LogP) is 2.07. The van der Waals surface area contributed by atoms with Crippen molar-refractivity contribution in [3.63, 3.8) is 0 Å². The molecular weight excluding hydrogens is 208 g/mol. The molecule has 0 bridgehead atoms. The van der Waals surface area contributed by atoms with E-state index in [0.717, 1.165) is 10.9 Å². The average molecular weight is 220 g/mol. The summed E-state index contributed by atoms with van der Waals surface area (Å²) in [7, 11) is 0. The van der Waals surface area contributed by atoms with Crippen molar-refractivity contribution >= 4 is 18.4 Å². The van der Waals surface area contributed by atoms with Crippen molar-refractivity contribution in [1.29, 1.82) is 0 Å². The van der Waals surface area contributed by atoms with E-state index in [4.69, 9.17) is 0 Å². The molecule has 5 heteroatoms. The lowest BCUT2D eigenvalue weighted by molar-refractivity contribution is 0.659. The number of thiol groups is 1. The summed E-state index contributed by atoms with van der Waals surface area (Å²) in [5.41, 5.74) is 0. The Balaban J connectivity index is 2.09. The second kappa shape index (κ2) is 3.48. The van der Waals surface area contributed by atoms with Crippen LogP contribution >= 0.6 is 12.6 Å².